The van der Waals surface area contributed by atoms with Crippen LogP contribution in [0.4, 0.5) is 4.39 Å². The third-order valence-corrected chi connectivity index (χ3v) is 3.19. The molecule has 0 spiro atoms. The molecule has 15 heavy (non-hydrogen) atoms. The number of nitrogens with one attached hydrogen (secondary N) is 1. The Morgan fingerprint density at radius 1 is 1.40 bits per heavy atom. The van der Waals surface area contributed by atoms with Gasteiger partial charge in [-0.25, -0.2) is 4.39 Å². The predicted octanol–water partition coefficient (Wildman–Crippen LogP) is 3.26. The fourth-order valence-electron chi connectivity index (χ4n) is 1.59. The molecule has 3 N–H and O–H groups in total. The Morgan fingerprint density at radius 3 is 2.60 bits per heavy atom. The molecule has 0 saturated heterocycles. The molecule has 2 rings (SSSR count). The van der Waals surface area contributed by atoms with E-state index in [4.69, 9.17) is 5.73 Å². The summed E-state index contributed by atoms with van der Waals surface area (Å²) in [6, 6.07) is 4.97. The minimum Gasteiger partial charge on any atom is -0.354 e. The SMILES string of the molecule is CC(C)(N)c1[nH]c2c(F)cccc2c1Br. The lowest BCUT2D eigenvalue weighted by atomic mass is 10.0. The molecule has 0 aliphatic carbocycles. The third kappa shape index (κ3) is 1.68. The lowest BCUT2D eigenvalue weighted by Crippen LogP contribution is -2.29. The molecule has 1 aromatic carbocycles. The van der Waals surface area contributed by atoms with Crippen molar-refractivity contribution >= 4 is 26.8 Å². The van der Waals surface area contributed by atoms with Gasteiger partial charge in [0.25, 0.3) is 0 Å². The molecule has 0 fully saturated rings. The molecule has 0 radical (unpaired) electrons. The second-order valence-electron chi connectivity index (χ2n) is 4.20. The lowest BCUT2D eigenvalue weighted by molar-refractivity contribution is 0.536. The average molecular weight is 271 g/mol. The summed E-state index contributed by atoms with van der Waals surface area (Å²) in [5, 5.41) is 0.823. The van der Waals surface area contributed by atoms with E-state index in [2.05, 4.69) is 20.9 Å². The molecule has 0 aliphatic heterocycles. The largest absolute Gasteiger partial charge is 0.354 e. The number of hydrogen-bond acceptors (Lipinski definition) is 1. The standard InChI is InChI=1S/C11H12BrFN2/c1-11(2,14)10-8(12)6-4-3-5-7(13)9(6)15-10/h3-5,15H,14H2,1-2H3. The molecule has 1 heterocycles. The van der Waals surface area contributed by atoms with Crippen molar-refractivity contribution in [1.29, 1.82) is 0 Å². The number of hydrogen-bond donors (Lipinski definition) is 2. The Morgan fingerprint density at radius 2 is 2.07 bits per heavy atom. The van der Waals surface area contributed by atoms with Gasteiger partial charge in [0.1, 0.15) is 5.82 Å². The number of para-hydroxylation sites is 1. The van der Waals surface area contributed by atoms with Crippen LogP contribution in [-0.4, -0.2) is 4.98 Å². The maximum Gasteiger partial charge on any atom is 0.147 e. The number of nitrogens with two attached hydrogens (primary N) is 1. The van der Waals surface area contributed by atoms with Gasteiger partial charge in [0.15, 0.2) is 0 Å². The van der Waals surface area contributed by atoms with Gasteiger partial charge in [-0.15, -0.1) is 0 Å². The zero-order valence-corrected chi connectivity index (χ0v) is 10.2. The number of benzene rings is 1. The van der Waals surface area contributed by atoms with Gasteiger partial charge in [0.2, 0.25) is 0 Å². The molecule has 0 unspecified atom stereocenters. The Bertz CT molecular complexity index is 511. The van der Waals surface area contributed by atoms with Crippen LogP contribution < -0.4 is 5.73 Å². The van der Waals surface area contributed by atoms with E-state index in [0.717, 1.165) is 15.6 Å². The van der Waals surface area contributed by atoms with E-state index in [1.807, 2.05) is 19.9 Å². The van der Waals surface area contributed by atoms with Gasteiger partial charge in [-0.05, 0) is 35.8 Å². The third-order valence-electron chi connectivity index (χ3n) is 2.36. The molecule has 2 nitrogen and oxygen atoms in total. The van der Waals surface area contributed by atoms with Crippen LogP contribution in [0.15, 0.2) is 22.7 Å². The number of halogens is 2. The van der Waals surface area contributed by atoms with Crippen LogP contribution in [-0.2, 0) is 5.54 Å². The van der Waals surface area contributed by atoms with Crippen molar-refractivity contribution in [2.45, 2.75) is 19.4 Å². The summed E-state index contributed by atoms with van der Waals surface area (Å²) < 4.78 is 14.3. The van der Waals surface area contributed by atoms with Crippen molar-refractivity contribution in [3.8, 4) is 0 Å². The Hall–Kier alpha value is -0.870. The van der Waals surface area contributed by atoms with Gasteiger partial charge in [0, 0.05) is 15.6 Å². The fraction of sp³-hybridized carbons (Fsp3) is 0.273. The smallest absolute Gasteiger partial charge is 0.147 e. The second kappa shape index (κ2) is 3.32. The molecule has 80 valence electrons. The Kier molecular flexibility index (Phi) is 2.35. The summed E-state index contributed by atoms with van der Waals surface area (Å²) >= 11 is 3.44. The summed E-state index contributed by atoms with van der Waals surface area (Å²) in [4.78, 5) is 3.03. The molecule has 0 saturated carbocycles. The molecule has 0 atom stereocenters. The van der Waals surface area contributed by atoms with E-state index in [-0.39, 0.29) is 5.82 Å². The highest BCUT2D eigenvalue weighted by molar-refractivity contribution is 9.10. The summed E-state index contributed by atoms with van der Waals surface area (Å²) in [5.41, 5.74) is 6.77. The van der Waals surface area contributed by atoms with Crippen LogP contribution in [0.3, 0.4) is 0 Å². The van der Waals surface area contributed by atoms with E-state index in [1.54, 1.807) is 6.07 Å². The van der Waals surface area contributed by atoms with Gasteiger partial charge in [0.05, 0.1) is 11.1 Å². The van der Waals surface area contributed by atoms with Crippen LogP contribution in [0.25, 0.3) is 10.9 Å². The molecule has 4 heteroatoms. The van der Waals surface area contributed by atoms with Crippen LogP contribution in [0, 0.1) is 5.82 Å². The quantitative estimate of drug-likeness (QED) is 0.821. The van der Waals surface area contributed by atoms with Gasteiger partial charge in [-0.2, -0.15) is 0 Å². The number of aromatic amines is 1. The van der Waals surface area contributed by atoms with E-state index in [9.17, 15) is 4.39 Å². The second-order valence-corrected chi connectivity index (χ2v) is 4.99. The number of H-pyrrole nitrogens is 1. The molecule has 2 aromatic rings. The maximum atomic E-state index is 13.5. The average Bonchev–Trinajstić information content (AvgIpc) is 2.45. The molecule has 0 amide bonds. The topological polar surface area (TPSA) is 41.8 Å². The van der Waals surface area contributed by atoms with Gasteiger partial charge in [-0.1, -0.05) is 12.1 Å². The van der Waals surface area contributed by atoms with Crippen molar-refractivity contribution in [1.82, 2.24) is 4.98 Å². The minimum atomic E-state index is -0.524. The summed E-state index contributed by atoms with van der Waals surface area (Å²) in [7, 11) is 0. The fourth-order valence-corrected chi connectivity index (χ4v) is 2.53. The molecule has 0 aliphatic rings. The van der Waals surface area contributed by atoms with Gasteiger partial charge < -0.3 is 10.7 Å². The normalized spacial score (nSPS) is 12.3. The zero-order valence-electron chi connectivity index (χ0n) is 8.57. The highest BCUT2D eigenvalue weighted by Crippen LogP contribution is 2.33. The number of rotatable bonds is 1. The van der Waals surface area contributed by atoms with Gasteiger partial charge >= 0.3 is 0 Å². The summed E-state index contributed by atoms with van der Waals surface area (Å²) in [5.74, 6) is -0.260. The van der Waals surface area contributed by atoms with E-state index in [1.165, 1.54) is 6.07 Å². The first kappa shape index (κ1) is 10.6. The lowest BCUT2D eigenvalue weighted by Gasteiger charge is -2.17. The highest BCUT2D eigenvalue weighted by atomic mass is 79.9. The summed E-state index contributed by atoms with van der Waals surface area (Å²) in [6.45, 7) is 3.75. The number of aromatic nitrogens is 1. The van der Waals surface area contributed by atoms with Crippen LogP contribution in [0.2, 0.25) is 0 Å². The highest BCUT2D eigenvalue weighted by Gasteiger charge is 2.22. The van der Waals surface area contributed by atoms with Crippen LogP contribution in [0.5, 0.6) is 0 Å². The summed E-state index contributed by atoms with van der Waals surface area (Å²) in [6.07, 6.45) is 0. The Labute approximate surface area is 95.8 Å². The number of fused-ring (bicyclic) bond motifs is 1. The van der Waals surface area contributed by atoms with Crippen LogP contribution >= 0.6 is 15.9 Å². The van der Waals surface area contributed by atoms with Crippen molar-refractivity contribution < 1.29 is 4.39 Å². The van der Waals surface area contributed by atoms with Crippen molar-refractivity contribution in [3.05, 3.63) is 34.2 Å². The monoisotopic (exact) mass is 270 g/mol. The molecular formula is C11H12BrFN2. The van der Waals surface area contributed by atoms with Crippen molar-refractivity contribution in [3.63, 3.8) is 0 Å². The first-order valence-electron chi connectivity index (χ1n) is 4.66. The minimum absolute atomic E-state index is 0.260. The first-order valence-corrected chi connectivity index (χ1v) is 5.45. The predicted molar refractivity (Wildman–Crippen MR) is 63.2 cm³/mol. The van der Waals surface area contributed by atoms with Crippen LogP contribution in [0.1, 0.15) is 19.5 Å². The van der Waals surface area contributed by atoms with E-state index < -0.39 is 5.54 Å². The molecule has 0 bridgehead atoms. The van der Waals surface area contributed by atoms with E-state index in [0.29, 0.717) is 5.52 Å². The van der Waals surface area contributed by atoms with Gasteiger partial charge in [-0.3, -0.25) is 0 Å². The first-order chi connectivity index (χ1) is 6.91. The van der Waals surface area contributed by atoms with E-state index >= 15 is 0 Å². The van der Waals surface area contributed by atoms with Crippen molar-refractivity contribution in [2.75, 3.05) is 0 Å². The molecular weight excluding hydrogens is 259 g/mol. The Balaban J connectivity index is 2.81. The zero-order chi connectivity index (χ0) is 11.2. The molecule has 1 aromatic heterocycles. The van der Waals surface area contributed by atoms with Crippen molar-refractivity contribution in [2.24, 2.45) is 5.73 Å². The maximum absolute atomic E-state index is 13.5.